The molecule has 0 saturated carbocycles. The standard InChI is InChI=1S/C18H17IN2O5/c1-2-24-16-8-11(7-13(19)17(16)22)10-20-21-18(23)12-3-4-14-15(9-12)26-6-5-25-14/h3-4,7-10,22H,2,5-6H2,1H3,(H,21,23). The summed E-state index contributed by atoms with van der Waals surface area (Å²) in [6.07, 6.45) is 1.49. The SMILES string of the molecule is CCOc1cc(C=NNC(=O)c2ccc3c(c2)OCCO3)cc(I)c1O. The van der Waals surface area contributed by atoms with Crippen LogP contribution in [0.1, 0.15) is 22.8 Å². The molecule has 26 heavy (non-hydrogen) atoms. The number of carbonyl (C=O) groups excluding carboxylic acids is 1. The number of carbonyl (C=O) groups is 1. The van der Waals surface area contributed by atoms with Gasteiger partial charge in [0.1, 0.15) is 13.2 Å². The molecule has 7 nitrogen and oxygen atoms in total. The fourth-order valence-corrected chi connectivity index (χ4v) is 2.97. The topological polar surface area (TPSA) is 89.4 Å². The highest BCUT2D eigenvalue weighted by Gasteiger charge is 2.14. The predicted molar refractivity (Wildman–Crippen MR) is 104 cm³/mol. The summed E-state index contributed by atoms with van der Waals surface area (Å²) in [6, 6.07) is 8.35. The van der Waals surface area contributed by atoms with Crippen molar-refractivity contribution >= 4 is 34.7 Å². The summed E-state index contributed by atoms with van der Waals surface area (Å²) in [4.78, 5) is 12.2. The van der Waals surface area contributed by atoms with Crippen LogP contribution in [-0.4, -0.2) is 37.0 Å². The molecule has 8 heteroatoms. The number of ether oxygens (including phenoxy) is 3. The molecule has 136 valence electrons. The van der Waals surface area contributed by atoms with Crippen molar-refractivity contribution in [3.63, 3.8) is 0 Å². The van der Waals surface area contributed by atoms with Crippen LogP contribution in [0.2, 0.25) is 0 Å². The van der Waals surface area contributed by atoms with E-state index < -0.39 is 0 Å². The Kier molecular flexibility index (Phi) is 5.82. The average molecular weight is 468 g/mol. The third kappa shape index (κ3) is 4.18. The van der Waals surface area contributed by atoms with E-state index in [-0.39, 0.29) is 11.7 Å². The van der Waals surface area contributed by atoms with Crippen molar-refractivity contribution in [2.45, 2.75) is 6.92 Å². The molecule has 0 fully saturated rings. The second kappa shape index (κ2) is 8.26. The van der Waals surface area contributed by atoms with Crippen molar-refractivity contribution in [2.75, 3.05) is 19.8 Å². The molecule has 0 bridgehead atoms. The van der Waals surface area contributed by atoms with Crippen LogP contribution < -0.4 is 19.6 Å². The lowest BCUT2D eigenvalue weighted by molar-refractivity contribution is 0.0954. The van der Waals surface area contributed by atoms with Gasteiger partial charge in [-0.25, -0.2) is 5.43 Å². The smallest absolute Gasteiger partial charge is 0.271 e. The molecule has 0 atom stereocenters. The molecule has 1 heterocycles. The van der Waals surface area contributed by atoms with E-state index >= 15 is 0 Å². The summed E-state index contributed by atoms with van der Waals surface area (Å²) in [5.74, 6) is 1.27. The van der Waals surface area contributed by atoms with Crippen molar-refractivity contribution < 1.29 is 24.1 Å². The molecular weight excluding hydrogens is 451 g/mol. The van der Waals surface area contributed by atoms with E-state index in [2.05, 4.69) is 10.5 Å². The molecule has 0 unspecified atom stereocenters. The molecule has 0 aliphatic carbocycles. The first kappa shape index (κ1) is 18.3. The normalized spacial score (nSPS) is 12.8. The van der Waals surface area contributed by atoms with Gasteiger partial charge in [-0.3, -0.25) is 4.79 Å². The molecule has 2 N–H and O–H groups in total. The van der Waals surface area contributed by atoms with Crippen LogP contribution in [0.5, 0.6) is 23.0 Å². The largest absolute Gasteiger partial charge is 0.504 e. The van der Waals surface area contributed by atoms with Crippen LogP contribution in [0.15, 0.2) is 35.4 Å². The number of aromatic hydroxyl groups is 1. The highest BCUT2D eigenvalue weighted by atomic mass is 127. The van der Waals surface area contributed by atoms with E-state index in [9.17, 15) is 9.90 Å². The molecule has 1 aliphatic rings. The highest BCUT2D eigenvalue weighted by Crippen LogP contribution is 2.32. The minimum Gasteiger partial charge on any atom is -0.504 e. The van der Waals surface area contributed by atoms with Gasteiger partial charge in [-0.1, -0.05) is 0 Å². The lowest BCUT2D eigenvalue weighted by Gasteiger charge is -2.18. The van der Waals surface area contributed by atoms with Crippen molar-refractivity contribution in [1.82, 2.24) is 5.43 Å². The van der Waals surface area contributed by atoms with E-state index in [1.54, 1.807) is 30.3 Å². The first-order chi connectivity index (χ1) is 12.6. The molecule has 0 saturated heterocycles. The van der Waals surface area contributed by atoms with Crippen LogP contribution in [0.25, 0.3) is 0 Å². The van der Waals surface area contributed by atoms with Crippen LogP contribution >= 0.6 is 22.6 Å². The average Bonchev–Trinajstić information content (AvgIpc) is 2.65. The second-order valence-electron chi connectivity index (χ2n) is 5.34. The molecule has 2 aromatic carbocycles. The second-order valence-corrected chi connectivity index (χ2v) is 6.50. The summed E-state index contributed by atoms with van der Waals surface area (Å²) in [5.41, 5.74) is 3.58. The lowest BCUT2D eigenvalue weighted by Crippen LogP contribution is -2.19. The quantitative estimate of drug-likeness (QED) is 0.400. The first-order valence-electron chi connectivity index (χ1n) is 7.97. The Morgan fingerprint density at radius 1 is 1.31 bits per heavy atom. The summed E-state index contributed by atoms with van der Waals surface area (Å²) in [5, 5.41) is 13.9. The number of phenols is 1. The third-order valence-electron chi connectivity index (χ3n) is 3.53. The number of rotatable bonds is 5. The number of benzene rings is 2. The van der Waals surface area contributed by atoms with Gasteiger partial charge in [0.2, 0.25) is 0 Å². The van der Waals surface area contributed by atoms with E-state index in [0.717, 1.165) is 0 Å². The Bertz CT molecular complexity index is 854. The number of amides is 1. The van der Waals surface area contributed by atoms with Gasteiger partial charge in [-0.2, -0.15) is 5.10 Å². The van der Waals surface area contributed by atoms with Gasteiger partial charge in [-0.15, -0.1) is 0 Å². The van der Waals surface area contributed by atoms with Gasteiger partial charge >= 0.3 is 0 Å². The Morgan fingerprint density at radius 2 is 2.08 bits per heavy atom. The minimum absolute atomic E-state index is 0.0879. The number of fused-ring (bicyclic) bond motifs is 1. The predicted octanol–water partition coefficient (Wildman–Crippen LogP) is 2.93. The molecule has 0 spiro atoms. The van der Waals surface area contributed by atoms with Gasteiger partial charge in [0.25, 0.3) is 5.91 Å². The minimum atomic E-state index is -0.364. The van der Waals surface area contributed by atoms with E-state index in [4.69, 9.17) is 14.2 Å². The maximum Gasteiger partial charge on any atom is 0.271 e. The molecule has 1 aliphatic heterocycles. The Balaban J connectivity index is 1.69. The van der Waals surface area contributed by atoms with E-state index in [1.807, 2.05) is 29.5 Å². The number of hydrazone groups is 1. The molecule has 2 aromatic rings. The Labute approximate surface area is 164 Å². The maximum absolute atomic E-state index is 12.2. The van der Waals surface area contributed by atoms with Crippen LogP contribution in [0, 0.1) is 3.57 Å². The van der Waals surface area contributed by atoms with E-state index in [0.29, 0.717) is 51.8 Å². The van der Waals surface area contributed by atoms with Crippen LogP contribution in [0.4, 0.5) is 0 Å². The van der Waals surface area contributed by atoms with E-state index in [1.165, 1.54) is 6.21 Å². The van der Waals surface area contributed by atoms with Gasteiger partial charge in [-0.05, 0) is 65.4 Å². The van der Waals surface area contributed by atoms with Crippen LogP contribution in [-0.2, 0) is 0 Å². The number of nitrogens with one attached hydrogen (secondary N) is 1. The number of halogens is 1. The van der Waals surface area contributed by atoms with Gasteiger partial charge < -0.3 is 19.3 Å². The van der Waals surface area contributed by atoms with Crippen molar-refractivity contribution in [3.05, 3.63) is 45.0 Å². The third-order valence-corrected chi connectivity index (χ3v) is 4.36. The highest BCUT2D eigenvalue weighted by molar-refractivity contribution is 14.1. The summed E-state index contributed by atoms with van der Waals surface area (Å²) in [7, 11) is 0. The fraction of sp³-hybridized carbons (Fsp3) is 0.222. The molecule has 1 amide bonds. The van der Waals surface area contributed by atoms with Gasteiger partial charge in [0.15, 0.2) is 23.0 Å². The Hall–Kier alpha value is -2.49. The number of nitrogens with zero attached hydrogens (tertiary/aromatic N) is 1. The zero-order valence-electron chi connectivity index (χ0n) is 14.0. The fourth-order valence-electron chi connectivity index (χ4n) is 2.35. The number of hydrogen-bond donors (Lipinski definition) is 2. The zero-order chi connectivity index (χ0) is 18.5. The van der Waals surface area contributed by atoms with Gasteiger partial charge in [0.05, 0.1) is 16.4 Å². The molecule has 0 aromatic heterocycles. The molecule has 3 rings (SSSR count). The lowest BCUT2D eigenvalue weighted by atomic mass is 10.2. The number of hydrogen-bond acceptors (Lipinski definition) is 6. The molecular formula is C18H17IN2O5. The van der Waals surface area contributed by atoms with Crippen molar-refractivity contribution in [1.29, 1.82) is 0 Å². The summed E-state index contributed by atoms with van der Waals surface area (Å²) < 4.78 is 16.9. The van der Waals surface area contributed by atoms with Crippen molar-refractivity contribution in [2.24, 2.45) is 5.10 Å². The first-order valence-corrected chi connectivity index (χ1v) is 9.04. The summed E-state index contributed by atoms with van der Waals surface area (Å²) >= 11 is 2.00. The van der Waals surface area contributed by atoms with Crippen LogP contribution in [0.3, 0.4) is 0 Å². The molecule has 0 radical (unpaired) electrons. The summed E-state index contributed by atoms with van der Waals surface area (Å²) in [6.45, 7) is 3.22. The Morgan fingerprint density at radius 3 is 2.85 bits per heavy atom. The maximum atomic E-state index is 12.2. The monoisotopic (exact) mass is 468 g/mol. The zero-order valence-corrected chi connectivity index (χ0v) is 16.1. The number of phenolic OH excluding ortho intramolecular Hbond substituents is 1. The van der Waals surface area contributed by atoms with Gasteiger partial charge in [0, 0.05) is 5.56 Å². The van der Waals surface area contributed by atoms with Crippen molar-refractivity contribution in [3.8, 4) is 23.0 Å².